The summed E-state index contributed by atoms with van der Waals surface area (Å²) in [4.78, 5) is 15.6. The minimum absolute atomic E-state index is 0.237. The molecule has 0 spiro atoms. The fourth-order valence-electron chi connectivity index (χ4n) is 2.77. The van der Waals surface area contributed by atoms with E-state index in [0.29, 0.717) is 25.6 Å². The van der Waals surface area contributed by atoms with Crippen LogP contribution in [0, 0.1) is 5.92 Å². The second-order valence-corrected chi connectivity index (χ2v) is 6.80. The van der Waals surface area contributed by atoms with Crippen molar-refractivity contribution in [2.75, 3.05) is 46.3 Å². The molecule has 2 rings (SSSR count). The number of hydrogen-bond acceptors (Lipinski definition) is 4. The predicted molar refractivity (Wildman–Crippen MR) is 93.9 cm³/mol. The van der Waals surface area contributed by atoms with Gasteiger partial charge in [-0.1, -0.05) is 12.1 Å². The Morgan fingerprint density at radius 1 is 1.22 bits per heavy atom. The van der Waals surface area contributed by atoms with E-state index in [0.717, 1.165) is 38.1 Å². The summed E-state index contributed by atoms with van der Waals surface area (Å²) in [5.41, 5.74) is 1.10. The van der Waals surface area contributed by atoms with Gasteiger partial charge in [0, 0.05) is 31.7 Å². The van der Waals surface area contributed by atoms with Crippen LogP contribution in [0.4, 0.5) is 0 Å². The van der Waals surface area contributed by atoms with Crippen LogP contribution in [0.15, 0.2) is 29.2 Å². The van der Waals surface area contributed by atoms with E-state index < -0.39 is 0 Å². The molecule has 0 atom stereocenters. The quantitative estimate of drug-likeness (QED) is 0.540. The van der Waals surface area contributed by atoms with Crippen molar-refractivity contribution in [3.63, 3.8) is 0 Å². The predicted octanol–water partition coefficient (Wildman–Crippen LogP) is 2.85. The largest absolute Gasteiger partial charge is 0.382 e. The van der Waals surface area contributed by atoms with Gasteiger partial charge in [-0.15, -0.1) is 11.8 Å². The number of carbonyl (C=O) groups excluding carboxylic acids is 1. The third kappa shape index (κ3) is 6.16. The molecule has 1 amide bonds. The molecule has 1 saturated heterocycles. The molecule has 1 fully saturated rings. The summed E-state index contributed by atoms with van der Waals surface area (Å²) in [6.07, 6.45) is 4.63. The Hall–Kier alpha value is -1.04. The minimum atomic E-state index is 0.237. The molecular formula is C18H27NO3S. The van der Waals surface area contributed by atoms with E-state index in [1.165, 1.54) is 4.90 Å². The summed E-state index contributed by atoms with van der Waals surface area (Å²) in [6, 6.07) is 8.27. The van der Waals surface area contributed by atoms with Crippen LogP contribution in [-0.2, 0) is 20.7 Å². The topological polar surface area (TPSA) is 38.8 Å². The first-order valence-corrected chi connectivity index (χ1v) is 9.42. The lowest BCUT2D eigenvalue weighted by Gasteiger charge is -2.32. The van der Waals surface area contributed by atoms with E-state index in [9.17, 15) is 4.79 Å². The van der Waals surface area contributed by atoms with Gasteiger partial charge in [-0.2, -0.15) is 0 Å². The van der Waals surface area contributed by atoms with Gasteiger partial charge in [0.1, 0.15) is 0 Å². The molecule has 1 aliphatic rings. The second-order valence-electron chi connectivity index (χ2n) is 5.92. The molecule has 0 bridgehead atoms. The smallest absolute Gasteiger partial charge is 0.226 e. The van der Waals surface area contributed by atoms with Crippen molar-refractivity contribution in [1.82, 2.24) is 4.90 Å². The minimum Gasteiger partial charge on any atom is -0.382 e. The van der Waals surface area contributed by atoms with Crippen molar-refractivity contribution in [3.8, 4) is 0 Å². The molecule has 1 heterocycles. The number of methoxy groups -OCH3 is 1. The van der Waals surface area contributed by atoms with Crippen LogP contribution in [0.25, 0.3) is 0 Å². The highest BCUT2D eigenvalue weighted by Crippen LogP contribution is 2.19. The maximum absolute atomic E-state index is 12.4. The zero-order valence-corrected chi connectivity index (χ0v) is 14.9. The first-order valence-electron chi connectivity index (χ1n) is 8.20. The maximum Gasteiger partial charge on any atom is 0.226 e. The molecule has 0 radical (unpaired) electrons. The zero-order chi connectivity index (χ0) is 16.5. The fraction of sp³-hybridized carbons (Fsp3) is 0.611. The van der Waals surface area contributed by atoms with Crippen LogP contribution in [0.1, 0.15) is 18.4 Å². The molecule has 0 unspecified atom stereocenters. The lowest BCUT2D eigenvalue weighted by Crippen LogP contribution is -2.40. The Morgan fingerprint density at radius 2 is 1.91 bits per heavy atom. The van der Waals surface area contributed by atoms with Crippen molar-refractivity contribution in [2.24, 2.45) is 5.92 Å². The molecule has 0 saturated carbocycles. The van der Waals surface area contributed by atoms with Gasteiger partial charge in [-0.05, 0) is 42.7 Å². The van der Waals surface area contributed by atoms with Gasteiger partial charge in [0.2, 0.25) is 5.91 Å². The molecule has 1 aromatic carbocycles. The highest BCUT2D eigenvalue weighted by Gasteiger charge is 2.22. The number of benzene rings is 1. The number of ether oxygens (including phenoxy) is 2. The van der Waals surface area contributed by atoms with Crippen LogP contribution in [0.2, 0.25) is 0 Å². The molecule has 128 valence electrons. The summed E-state index contributed by atoms with van der Waals surface area (Å²) in [5.74, 6) is 0.803. The van der Waals surface area contributed by atoms with Crippen LogP contribution >= 0.6 is 11.8 Å². The van der Waals surface area contributed by atoms with Crippen molar-refractivity contribution < 1.29 is 14.3 Å². The van der Waals surface area contributed by atoms with Crippen LogP contribution in [-0.4, -0.2) is 57.1 Å². The number of rotatable bonds is 8. The normalized spacial score (nSPS) is 15.8. The highest BCUT2D eigenvalue weighted by atomic mass is 32.2. The second kappa shape index (κ2) is 9.96. The molecule has 1 aliphatic heterocycles. The Labute approximate surface area is 143 Å². The SMILES string of the molecule is COCCOCC1CCN(C(=O)Cc2ccc(SC)cc2)CC1. The Morgan fingerprint density at radius 3 is 2.52 bits per heavy atom. The summed E-state index contributed by atoms with van der Waals surface area (Å²) in [6.45, 7) is 3.77. The highest BCUT2D eigenvalue weighted by molar-refractivity contribution is 7.98. The van der Waals surface area contributed by atoms with Gasteiger partial charge in [0.05, 0.1) is 19.6 Å². The van der Waals surface area contributed by atoms with E-state index in [-0.39, 0.29) is 5.91 Å². The van der Waals surface area contributed by atoms with Crippen molar-refractivity contribution in [1.29, 1.82) is 0 Å². The van der Waals surface area contributed by atoms with Crippen molar-refractivity contribution in [3.05, 3.63) is 29.8 Å². The molecule has 23 heavy (non-hydrogen) atoms. The van der Waals surface area contributed by atoms with Crippen LogP contribution < -0.4 is 0 Å². The number of piperidine rings is 1. The van der Waals surface area contributed by atoms with Gasteiger partial charge < -0.3 is 14.4 Å². The van der Waals surface area contributed by atoms with Gasteiger partial charge in [0.25, 0.3) is 0 Å². The van der Waals surface area contributed by atoms with Crippen molar-refractivity contribution in [2.45, 2.75) is 24.2 Å². The summed E-state index contributed by atoms with van der Waals surface area (Å²) >= 11 is 1.72. The summed E-state index contributed by atoms with van der Waals surface area (Å²) in [7, 11) is 1.68. The number of thioether (sulfide) groups is 1. The standard InChI is InChI=1S/C18H27NO3S/c1-21-11-12-22-14-16-7-9-19(10-8-16)18(20)13-15-3-5-17(23-2)6-4-15/h3-6,16H,7-14H2,1-2H3. The summed E-state index contributed by atoms with van der Waals surface area (Å²) in [5, 5.41) is 0. The van der Waals surface area contributed by atoms with E-state index in [4.69, 9.17) is 9.47 Å². The number of carbonyl (C=O) groups is 1. The lowest BCUT2D eigenvalue weighted by molar-refractivity contribution is -0.132. The Kier molecular flexibility index (Phi) is 7.92. The van der Waals surface area contributed by atoms with Gasteiger partial charge in [0.15, 0.2) is 0 Å². The van der Waals surface area contributed by atoms with E-state index in [1.807, 2.05) is 4.90 Å². The van der Waals surface area contributed by atoms with Crippen LogP contribution in [0.5, 0.6) is 0 Å². The van der Waals surface area contributed by atoms with Crippen LogP contribution in [0.3, 0.4) is 0 Å². The lowest BCUT2D eigenvalue weighted by atomic mass is 9.97. The number of nitrogens with zero attached hydrogens (tertiary/aromatic N) is 1. The Bertz CT molecular complexity index is 470. The van der Waals surface area contributed by atoms with Gasteiger partial charge in [-0.3, -0.25) is 4.79 Å². The average molecular weight is 337 g/mol. The number of likely N-dealkylation sites (tertiary alicyclic amines) is 1. The van der Waals surface area contributed by atoms with Gasteiger partial charge in [-0.25, -0.2) is 0 Å². The van der Waals surface area contributed by atoms with Crippen molar-refractivity contribution >= 4 is 17.7 Å². The first-order chi connectivity index (χ1) is 11.2. The average Bonchev–Trinajstić information content (AvgIpc) is 2.60. The first kappa shape index (κ1) is 18.3. The molecular weight excluding hydrogens is 310 g/mol. The van der Waals surface area contributed by atoms with E-state index in [1.54, 1.807) is 18.9 Å². The molecule has 1 aromatic rings. The zero-order valence-electron chi connectivity index (χ0n) is 14.1. The molecule has 5 heteroatoms. The number of hydrogen-bond donors (Lipinski definition) is 0. The molecule has 0 N–H and O–H groups in total. The van der Waals surface area contributed by atoms with E-state index in [2.05, 4.69) is 30.5 Å². The third-order valence-electron chi connectivity index (χ3n) is 4.27. The molecule has 0 aliphatic carbocycles. The summed E-state index contributed by atoms with van der Waals surface area (Å²) < 4.78 is 10.6. The molecule has 0 aromatic heterocycles. The van der Waals surface area contributed by atoms with Gasteiger partial charge >= 0.3 is 0 Å². The monoisotopic (exact) mass is 337 g/mol. The third-order valence-corrected chi connectivity index (χ3v) is 5.01. The Balaban J connectivity index is 1.70. The van der Waals surface area contributed by atoms with E-state index >= 15 is 0 Å². The number of amides is 1. The molecule has 4 nitrogen and oxygen atoms in total. The fourth-order valence-corrected chi connectivity index (χ4v) is 3.18. The maximum atomic E-state index is 12.4.